The van der Waals surface area contributed by atoms with Crippen LogP contribution in [0.1, 0.15) is 71.3 Å². The fourth-order valence-electron chi connectivity index (χ4n) is 6.07. The SMILES string of the molecule is CCCCC1(CCCC)CN(c2ccccc2)c2cc(SC)c(OC(C)CC(=O)O)cc2S(=O)(=O)N1Cc1ccc(OC)cc1. The zero-order valence-electron chi connectivity index (χ0n) is 27.0. The third-order valence-electron chi connectivity index (χ3n) is 8.42. The van der Waals surface area contributed by atoms with E-state index >= 15 is 8.42 Å². The molecular weight excluding hydrogens is 609 g/mol. The molecule has 1 heterocycles. The summed E-state index contributed by atoms with van der Waals surface area (Å²) >= 11 is 1.45. The number of anilines is 2. The van der Waals surface area contributed by atoms with Gasteiger partial charge in [-0.3, -0.25) is 4.79 Å². The largest absolute Gasteiger partial charge is 0.497 e. The molecule has 1 unspecified atom stereocenters. The standard InChI is InChI=1S/C35H46N2O6S2/c1-6-8-19-35(20-9-7-2)25-36(28-13-11-10-12-14-28)30-22-32(44-5)31(43-26(3)21-34(38)39)23-33(30)45(40,41)37(35)24-27-15-17-29(42-4)18-16-27/h10-18,22-23,26H,6-9,19-21,24-25H2,1-5H3,(H,38,39). The van der Waals surface area contributed by atoms with Gasteiger partial charge < -0.3 is 19.5 Å². The van der Waals surface area contributed by atoms with E-state index in [4.69, 9.17) is 9.47 Å². The zero-order valence-corrected chi connectivity index (χ0v) is 28.6. The Hall–Kier alpha value is -3.21. The van der Waals surface area contributed by atoms with Gasteiger partial charge in [0.15, 0.2) is 0 Å². The van der Waals surface area contributed by atoms with Crippen LogP contribution in [0.2, 0.25) is 0 Å². The second kappa shape index (κ2) is 15.4. The predicted molar refractivity (Wildman–Crippen MR) is 182 cm³/mol. The second-order valence-corrected chi connectivity index (χ2v) is 14.4. The van der Waals surface area contributed by atoms with Gasteiger partial charge in [-0.1, -0.05) is 69.9 Å². The molecule has 0 saturated heterocycles. The van der Waals surface area contributed by atoms with Gasteiger partial charge in [0.05, 0.1) is 29.7 Å². The Kier molecular flexibility index (Phi) is 11.8. The Bertz CT molecular complexity index is 1520. The molecule has 0 aromatic heterocycles. The van der Waals surface area contributed by atoms with Crippen LogP contribution in [0, 0.1) is 0 Å². The van der Waals surface area contributed by atoms with E-state index in [0.29, 0.717) is 36.6 Å². The van der Waals surface area contributed by atoms with Gasteiger partial charge in [-0.05, 0) is 61.9 Å². The van der Waals surface area contributed by atoms with E-state index in [1.165, 1.54) is 11.8 Å². The average Bonchev–Trinajstić information content (AvgIpc) is 3.10. The van der Waals surface area contributed by atoms with Crippen molar-refractivity contribution in [2.24, 2.45) is 0 Å². The summed E-state index contributed by atoms with van der Waals surface area (Å²) in [6, 6.07) is 21.1. The van der Waals surface area contributed by atoms with Gasteiger partial charge in [0, 0.05) is 24.8 Å². The number of thioether (sulfide) groups is 1. The molecule has 0 saturated carbocycles. The first kappa shape index (κ1) is 34.7. The molecule has 3 aromatic rings. The van der Waals surface area contributed by atoms with E-state index in [9.17, 15) is 9.90 Å². The van der Waals surface area contributed by atoms with Gasteiger partial charge in [0.2, 0.25) is 10.0 Å². The maximum atomic E-state index is 15.2. The average molecular weight is 655 g/mol. The van der Waals surface area contributed by atoms with Crippen LogP contribution in [-0.2, 0) is 21.4 Å². The van der Waals surface area contributed by atoms with E-state index in [1.54, 1.807) is 24.4 Å². The lowest BCUT2D eigenvalue weighted by atomic mass is 9.85. The number of carboxylic acids is 1. The van der Waals surface area contributed by atoms with E-state index in [0.717, 1.165) is 41.8 Å². The molecule has 0 radical (unpaired) electrons. The first-order valence-electron chi connectivity index (χ1n) is 15.7. The molecule has 45 heavy (non-hydrogen) atoms. The topological polar surface area (TPSA) is 96.4 Å². The molecule has 0 fully saturated rings. The summed E-state index contributed by atoms with van der Waals surface area (Å²) in [5, 5.41) is 9.37. The molecule has 1 aliphatic rings. The van der Waals surface area contributed by atoms with Gasteiger partial charge in [-0.25, -0.2) is 8.42 Å². The highest BCUT2D eigenvalue weighted by Gasteiger charge is 2.49. The predicted octanol–water partition coefficient (Wildman–Crippen LogP) is 8.12. The van der Waals surface area contributed by atoms with Crippen LogP contribution in [0.5, 0.6) is 11.5 Å². The Labute approximate surface area is 272 Å². The van der Waals surface area contributed by atoms with Gasteiger partial charge in [-0.2, -0.15) is 4.31 Å². The molecule has 3 aromatic carbocycles. The highest BCUT2D eigenvalue weighted by molar-refractivity contribution is 7.98. The van der Waals surface area contributed by atoms with Crippen molar-refractivity contribution in [3.05, 3.63) is 72.3 Å². The summed E-state index contributed by atoms with van der Waals surface area (Å²) in [6.07, 6.45) is 6.15. The van der Waals surface area contributed by atoms with Crippen LogP contribution in [-0.4, -0.2) is 55.4 Å². The van der Waals surface area contributed by atoms with E-state index < -0.39 is 27.6 Å². The highest BCUT2D eigenvalue weighted by atomic mass is 32.2. The Balaban J connectivity index is 2.00. The summed E-state index contributed by atoms with van der Waals surface area (Å²) in [4.78, 5) is 14.5. The molecular formula is C35H46N2O6S2. The first-order chi connectivity index (χ1) is 21.6. The highest BCUT2D eigenvalue weighted by Crippen LogP contribution is 2.48. The van der Waals surface area contributed by atoms with Crippen molar-refractivity contribution < 1.29 is 27.8 Å². The van der Waals surface area contributed by atoms with Crippen molar-refractivity contribution in [3.63, 3.8) is 0 Å². The summed E-state index contributed by atoms with van der Waals surface area (Å²) < 4.78 is 43.7. The van der Waals surface area contributed by atoms with Gasteiger partial charge in [0.25, 0.3) is 0 Å². The van der Waals surface area contributed by atoms with Gasteiger partial charge >= 0.3 is 5.97 Å². The quantitative estimate of drug-likeness (QED) is 0.164. The lowest BCUT2D eigenvalue weighted by molar-refractivity contribution is -0.138. The number of rotatable bonds is 15. The molecule has 0 aliphatic carbocycles. The van der Waals surface area contributed by atoms with Gasteiger partial charge in [-0.15, -0.1) is 11.8 Å². The number of benzene rings is 3. The van der Waals surface area contributed by atoms with Crippen LogP contribution in [0.15, 0.2) is 76.5 Å². The number of para-hydroxylation sites is 1. The Morgan fingerprint density at radius 2 is 1.67 bits per heavy atom. The van der Waals surface area contributed by atoms with E-state index in [2.05, 4.69) is 18.7 Å². The normalized spacial score (nSPS) is 16.4. The molecule has 4 rings (SSSR count). The van der Waals surface area contributed by atoms with Crippen molar-refractivity contribution in [2.45, 2.75) is 93.7 Å². The zero-order chi connectivity index (χ0) is 32.6. The minimum atomic E-state index is -4.09. The summed E-state index contributed by atoms with van der Waals surface area (Å²) in [5.41, 5.74) is 1.69. The monoisotopic (exact) mass is 654 g/mol. The number of carbonyl (C=O) groups is 1. The second-order valence-electron chi connectivity index (χ2n) is 11.7. The number of hydrogen-bond acceptors (Lipinski definition) is 7. The minimum absolute atomic E-state index is 0.157. The van der Waals surface area contributed by atoms with Crippen molar-refractivity contribution in [3.8, 4) is 11.5 Å². The third-order valence-corrected chi connectivity index (χ3v) is 11.2. The number of sulfonamides is 1. The molecule has 1 N–H and O–H groups in total. The van der Waals surface area contributed by atoms with Crippen LogP contribution in [0.4, 0.5) is 11.4 Å². The number of carboxylic acid groups (broad SMARTS) is 1. The van der Waals surface area contributed by atoms with Crippen molar-refractivity contribution in [1.82, 2.24) is 4.31 Å². The number of nitrogens with zero attached hydrogens (tertiary/aromatic N) is 2. The fraction of sp³-hybridized carbons (Fsp3) is 0.457. The van der Waals surface area contributed by atoms with Crippen molar-refractivity contribution in [1.29, 1.82) is 0 Å². The Morgan fingerprint density at radius 1 is 1.02 bits per heavy atom. The maximum Gasteiger partial charge on any atom is 0.307 e. The molecule has 1 aliphatic heterocycles. The lowest BCUT2D eigenvalue weighted by Gasteiger charge is -2.44. The van der Waals surface area contributed by atoms with E-state index in [1.807, 2.05) is 66.9 Å². The number of unbranched alkanes of at least 4 members (excludes halogenated alkanes) is 2. The molecule has 244 valence electrons. The summed E-state index contributed by atoms with van der Waals surface area (Å²) in [7, 11) is -2.48. The number of ether oxygens (including phenoxy) is 2. The number of aliphatic carboxylic acids is 1. The minimum Gasteiger partial charge on any atom is -0.497 e. The van der Waals surface area contributed by atoms with Crippen LogP contribution >= 0.6 is 11.8 Å². The summed E-state index contributed by atoms with van der Waals surface area (Å²) in [5.74, 6) is 0.0990. The summed E-state index contributed by atoms with van der Waals surface area (Å²) in [6.45, 7) is 6.66. The smallest absolute Gasteiger partial charge is 0.307 e. The van der Waals surface area contributed by atoms with Gasteiger partial charge in [0.1, 0.15) is 22.5 Å². The molecule has 10 heteroatoms. The van der Waals surface area contributed by atoms with Crippen LogP contribution < -0.4 is 14.4 Å². The van der Waals surface area contributed by atoms with Crippen LogP contribution in [0.3, 0.4) is 0 Å². The molecule has 8 nitrogen and oxygen atoms in total. The first-order valence-corrected chi connectivity index (χ1v) is 18.3. The lowest BCUT2D eigenvalue weighted by Crippen LogP contribution is -2.55. The van der Waals surface area contributed by atoms with Crippen molar-refractivity contribution >= 4 is 39.1 Å². The molecule has 0 bridgehead atoms. The maximum absolute atomic E-state index is 15.2. The molecule has 0 spiro atoms. The van der Waals surface area contributed by atoms with E-state index in [-0.39, 0.29) is 17.9 Å². The molecule has 1 atom stereocenters. The third kappa shape index (κ3) is 7.96. The Morgan fingerprint density at radius 3 is 2.22 bits per heavy atom. The number of hydrogen-bond donors (Lipinski definition) is 1. The molecule has 0 amide bonds. The van der Waals surface area contributed by atoms with Crippen LogP contribution in [0.25, 0.3) is 0 Å². The van der Waals surface area contributed by atoms with Crippen molar-refractivity contribution in [2.75, 3.05) is 24.8 Å². The number of methoxy groups -OCH3 is 1. The number of fused-ring (bicyclic) bond motifs is 1. The fourth-order valence-corrected chi connectivity index (χ4v) is 8.60.